The zero-order valence-corrected chi connectivity index (χ0v) is 12.5. The summed E-state index contributed by atoms with van der Waals surface area (Å²) in [5, 5.41) is 16.5. The van der Waals surface area contributed by atoms with E-state index < -0.39 is 10.8 Å². The molecule has 1 rings (SSSR count). The summed E-state index contributed by atoms with van der Waals surface area (Å²) in [5.74, 6) is 0.732. The standard InChI is InChI=1S/C12H18N4O3S/c1-4-8(7-20-3)15-12(17)9-5-11(13-2)14-6-10(9)16(18)19/h5-6,8H,4,7H2,1-3H3,(H,13,14)(H,15,17). The van der Waals surface area contributed by atoms with Crippen molar-refractivity contribution < 1.29 is 9.72 Å². The van der Waals surface area contributed by atoms with Gasteiger partial charge in [0.2, 0.25) is 0 Å². The maximum Gasteiger partial charge on any atom is 0.300 e. The Bertz CT molecular complexity index is 496. The highest BCUT2D eigenvalue weighted by Gasteiger charge is 2.23. The van der Waals surface area contributed by atoms with Gasteiger partial charge in [0, 0.05) is 24.9 Å². The van der Waals surface area contributed by atoms with Gasteiger partial charge in [0.05, 0.1) is 4.92 Å². The van der Waals surface area contributed by atoms with Crippen molar-refractivity contribution in [2.75, 3.05) is 24.4 Å². The van der Waals surface area contributed by atoms with Gasteiger partial charge in [-0.25, -0.2) is 4.98 Å². The van der Waals surface area contributed by atoms with Crippen molar-refractivity contribution in [3.8, 4) is 0 Å². The van der Waals surface area contributed by atoms with E-state index in [0.29, 0.717) is 5.82 Å². The molecule has 8 heteroatoms. The molecule has 0 aromatic carbocycles. The summed E-state index contributed by atoms with van der Waals surface area (Å²) in [5.41, 5.74) is -0.269. The smallest absolute Gasteiger partial charge is 0.300 e. The van der Waals surface area contributed by atoms with Crippen molar-refractivity contribution in [3.05, 3.63) is 27.9 Å². The largest absolute Gasteiger partial charge is 0.373 e. The quantitative estimate of drug-likeness (QED) is 0.589. The van der Waals surface area contributed by atoms with Crippen LogP contribution in [-0.2, 0) is 0 Å². The van der Waals surface area contributed by atoms with Crippen molar-refractivity contribution in [2.45, 2.75) is 19.4 Å². The zero-order chi connectivity index (χ0) is 15.1. The van der Waals surface area contributed by atoms with Gasteiger partial charge in [0.25, 0.3) is 11.6 Å². The molecule has 20 heavy (non-hydrogen) atoms. The van der Waals surface area contributed by atoms with Crippen LogP contribution in [0.4, 0.5) is 11.5 Å². The van der Waals surface area contributed by atoms with E-state index in [1.165, 1.54) is 6.07 Å². The molecule has 1 amide bonds. The number of hydrogen-bond donors (Lipinski definition) is 2. The van der Waals surface area contributed by atoms with Gasteiger partial charge in [0.15, 0.2) is 0 Å². The molecule has 0 aliphatic heterocycles. The molecule has 0 aliphatic rings. The molecule has 1 aromatic heterocycles. The maximum absolute atomic E-state index is 12.2. The van der Waals surface area contributed by atoms with Crippen LogP contribution >= 0.6 is 11.8 Å². The Morgan fingerprint density at radius 1 is 1.60 bits per heavy atom. The van der Waals surface area contributed by atoms with Crippen LogP contribution < -0.4 is 10.6 Å². The molecule has 110 valence electrons. The molecule has 1 heterocycles. The number of carbonyl (C=O) groups is 1. The Kier molecular flexibility index (Phi) is 6.23. The second-order valence-electron chi connectivity index (χ2n) is 4.13. The minimum Gasteiger partial charge on any atom is -0.373 e. The molecular formula is C12H18N4O3S. The third kappa shape index (κ3) is 4.09. The van der Waals surface area contributed by atoms with Gasteiger partial charge in [-0.15, -0.1) is 0 Å². The topological polar surface area (TPSA) is 97.2 Å². The van der Waals surface area contributed by atoms with E-state index in [-0.39, 0.29) is 17.3 Å². The summed E-state index contributed by atoms with van der Waals surface area (Å²) in [4.78, 5) is 26.4. The number of nitrogens with zero attached hydrogens (tertiary/aromatic N) is 2. The number of hydrogen-bond acceptors (Lipinski definition) is 6. The summed E-state index contributed by atoms with van der Waals surface area (Å²) in [6.45, 7) is 1.96. The predicted octanol–water partition coefficient (Wildman–Crippen LogP) is 1.90. The molecule has 0 bridgehead atoms. The van der Waals surface area contributed by atoms with Crippen LogP contribution in [-0.4, -0.2) is 40.9 Å². The van der Waals surface area contributed by atoms with Crippen LogP contribution in [0, 0.1) is 10.1 Å². The fourth-order valence-electron chi connectivity index (χ4n) is 1.64. The van der Waals surface area contributed by atoms with Gasteiger partial charge in [-0.05, 0) is 12.7 Å². The minimum absolute atomic E-state index is 0.0108. The monoisotopic (exact) mass is 298 g/mol. The normalized spacial score (nSPS) is 11.8. The first-order chi connectivity index (χ1) is 9.53. The number of amides is 1. The van der Waals surface area contributed by atoms with Gasteiger partial charge in [-0.3, -0.25) is 14.9 Å². The van der Waals surface area contributed by atoms with Crippen LogP contribution in [0.2, 0.25) is 0 Å². The lowest BCUT2D eigenvalue weighted by molar-refractivity contribution is -0.385. The molecule has 1 unspecified atom stereocenters. The number of thioether (sulfide) groups is 1. The van der Waals surface area contributed by atoms with E-state index in [1.807, 2.05) is 13.2 Å². The highest BCUT2D eigenvalue weighted by atomic mass is 32.2. The van der Waals surface area contributed by atoms with Gasteiger partial charge in [0.1, 0.15) is 17.6 Å². The average molecular weight is 298 g/mol. The van der Waals surface area contributed by atoms with E-state index in [4.69, 9.17) is 0 Å². The van der Waals surface area contributed by atoms with Gasteiger partial charge >= 0.3 is 0 Å². The first-order valence-electron chi connectivity index (χ1n) is 6.15. The number of nitro groups is 1. The van der Waals surface area contributed by atoms with Crippen LogP contribution in [0.25, 0.3) is 0 Å². The van der Waals surface area contributed by atoms with Crippen molar-refractivity contribution in [1.29, 1.82) is 0 Å². The second-order valence-corrected chi connectivity index (χ2v) is 5.04. The summed E-state index contributed by atoms with van der Waals surface area (Å²) >= 11 is 1.62. The first-order valence-corrected chi connectivity index (χ1v) is 7.54. The first kappa shape index (κ1) is 16.2. The Hall–Kier alpha value is -1.83. The molecule has 1 aromatic rings. The molecule has 0 aliphatic carbocycles. The number of aromatic nitrogens is 1. The maximum atomic E-state index is 12.2. The number of pyridine rings is 1. The number of anilines is 1. The molecule has 0 spiro atoms. The van der Waals surface area contributed by atoms with Crippen LogP contribution in [0.15, 0.2) is 12.3 Å². The highest BCUT2D eigenvalue weighted by Crippen LogP contribution is 2.20. The lowest BCUT2D eigenvalue weighted by Crippen LogP contribution is -2.36. The summed E-state index contributed by atoms with van der Waals surface area (Å²) < 4.78 is 0. The van der Waals surface area contributed by atoms with Crippen molar-refractivity contribution in [1.82, 2.24) is 10.3 Å². The fourth-order valence-corrected chi connectivity index (χ4v) is 2.36. The SMILES string of the molecule is CCC(CSC)NC(=O)c1cc(NC)ncc1[N+](=O)[O-]. The van der Waals surface area contributed by atoms with E-state index in [0.717, 1.165) is 18.4 Å². The van der Waals surface area contributed by atoms with Crippen molar-refractivity contribution in [2.24, 2.45) is 0 Å². The Balaban J connectivity index is 3.03. The lowest BCUT2D eigenvalue weighted by Gasteiger charge is -2.15. The third-order valence-corrected chi connectivity index (χ3v) is 3.51. The summed E-state index contributed by atoms with van der Waals surface area (Å²) in [7, 11) is 1.64. The Morgan fingerprint density at radius 2 is 2.30 bits per heavy atom. The van der Waals surface area contributed by atoms with Gasteiger partial charge in [-0.1, -0.05) is 6.92 Å². The molecule has 0 saturated carbocycles. The third-order valence-electron chi connectivity index (χ3n) is 2.78. The van der Waals surface area contributed by atoms with E-state index >= 15 is 0 Å². The molecule has 0 fully saturated rings. The molecule has 0 saturated heterocycles. The van der Waals surface area contributed by atoms with Gasteiger partial charge in [-0.2, -0.15) is 11.8 Å². The van der Waals surface area contributed by atoms with E-state index in [9.17, 15) is 14.9 Å². The molecule has 1 atom stereocenters. The predicted molar refractivity (Wildman–Crippen MR) is 80.4 cm³/mol. The van der Waals surface area contributed by atoms with Crippen molar-refractivity contribution >= 4 is 29.2 Å². The highest BCUT2D eigenvalue weighted by molar-refractivity contribution is 7.98. The molecular weight excluding hydrogens is 280 g/mol. The Morgan fingerprint density at radius 3 is 2.80 bits per heavy atom. The lowest BCUT2D eigenvalue weighted by atomic mass is 10.1. The van der Waals surface area contributed by atoms with Gasteiger partial charge < -0.3 is 10.6 Å². The Labute approximate surface area is 121 Å². The minimum atomic E-state index is -0.600. The second kappa shape index (κ2) is 7.68. The molecule has 2 N–H and O–H groups in total. The average Bonchev–Trinajstić information content (AvgIpc) is 2.45. The van der Waals surface area contributed by atoms with Crippen LogP contribution in [0.3, 0.4) is 0 Å². The van der Waals surface area contributed by atoms with E-state index in [2.05, 4.69) is 15.6 Å². The van der Waals surface area contributed by atoms with Crippen molar-refractivity contribution in [3.63, 3.8) is 0 Å². The van der Waals surface area contributed by atoms with Crippen LogP contribution in [0.1, 0.15) is 23.7 Å². The number of nitrogens with one attached hydrogen (secondary N) is 2. The fraction of sp³-hybridized carbons (Fsp3) is 0.500. The molecule has 0 radical (unpaired) electrons. The van der Waals surface area contributed by atoms with E-state index in [1.54, 1.807) is 18.8 Å². The number of carbonyl (C=O) groups excluding carboxylic acids is 1. The number of rotatable bonds is 7. The summed E-state index contributed by atoms with van der Waals surface area (Å²) in [6.07, 6.45) is 3.81. The summed E-state index contributed by atoms with van der Waals surface area (Å²) in [6, 6.07) is 1.38. The zero-order valence-electron chi connectivity index (χ0n) is 11.7. The molecule has 7 nitrogen and oxygen atoms in total. The van der Waals surface area contributed by atoms with Crippen LogP contribution in [0.5, 0.6) is 0 Å².